The molecule has 0 rings (SSSR count). The number of unbranched alkanes of at least 4 members (excludes halogenated alkanes) is 15. The standard InChI is InChI=1S/C39H71NO7/c1-6-8-10-12-14-15-16-17-18-19-20-21-22-23-24-26-28-30-38(42)47-35(33-45-32-31-36(39(43)44)40(3,4)5)34-46-37(41)29-27-25-13-11-9-7-2/h14-15,17-18,35-36H,6-13,16,19-34H2,1-5H3/b15-14-,18-17-. The smallest absolute Gasteiger partial charge is 0.306 e. The van der Waals surface area contributed by atoms with Crippen LogP contribution in [0.4, 0.5) is 0 Å². The second-order valence-corrected chi connectivity index (χ2v) is 13.8. The van der Waals surface area contributed by atoms with Gasteiger partial charge in [0.1, 0.15) is 12.6 Å². The highest BCUT2D eigenvalue weighted by Crippen LogP contribution is 2.13. The van der Waals surface area contributed by atoms with E-state index in [0.29, 0.717) is 12.8 Å². The lowest BCUT2D eigenvalue weighted by molar-refractivity contribution is -0.889. The summed E-state index contributed by atoms with van der Waals surface area (Å²) in [5.74, 6) is -1.76. The van der Waals surface area contributed by atoms with E-state index in [-0.39, 0.29) is 42.7 Å². The molecule has 0 aromatic carbocycles. The predicted octanol–water partition coefficient (Wildman–Crippen LogP) is 8.02. The number of nitrogens with zero attached hydrogens (tertiary/aromatic N) is 1. The first-order valence-electron chi connectivity index (χ1n) is 18.9. The van der Waals surface area contributed by atoms with Gasteiger partial charge in [0, 0.05) is 19.3 Å². The van der Waals surface area contributed by atoms with Crippen molar-refractivity contribution in [2.45, 2.75) is 167 Å². The molecular weight excluding hydrogens is 594 g/mol. The molecule has 8 nitrogen and oxygen atoms in total. The van der Waals surface area contributed by atoms with Gasteiger partial charge in [-0.05, 0) is 44.9 Å². The third-order valence-electron chi connectivity index (χ3n) is 8.34. The van der Waals surface area contributed by atoms with E-state index in [1.807, 2.05) is 0 Å². The number of carboxylic acids is 1. The lowest BCUT2D eigenvalue weighted by Crippen LogP contribution is -2.55. The molecule has 47 heavy (non-hydrogen) atoms. The van der Waals surface area contributed by atoms with Gasteiger partial charge in [0.05, 0.1) is 40.3 Å². The van der Waals surface area contributed by atoms with Crippen LogP contribution in [0, 0.1) is 0 Å². The Balaban J connectivity index is 4.33. The van der Waals surface area contributed by atoms with Crippen molar-refractivity contribution < 1.29 is 38.2 Å². The maximum absolute atomic E-state index is 12.6. The van der Waals surface area contributed by atoms with E-state index in [1.165, 1.54) is 70.6 Å². The zero-order chi connectivity index (χ0) is 35.0. The van der Waals surface area contributed by atoms with E-state index in [0.717, 1.165) is 51.4 Å². The first-order valence-corrected chi connectivity index (χ1v) is 18.9. The van der Waals surface area contributed by atoms with Gasteiger partial charge in [0.25, 0.3) is 0 Å². The molecule has 0 saturated heterocycles. The topological polar surface area (TPSA) is 102 Å². The van der Waals surface area contributed by atoms with E-state index < -0.39 is 18.1 Å². The second-order valence-electron chi connectivity index (χ2n) is 13.8. The van der Waals surface area contributed by atoms with Crippen molar-refractivity contribution in [1.29, 1.82) is 0 Å². The fourth-order valence-electron chi connectivity index (χ4n) is 5.33. The fourth-order valence-corrected chi connectivity index (χ4v) is 5.33. The number of carboxylic acid groups (broad SMARTS) is 1. The fraction of sp³-hybridized carbons (Fsp3) is 0.821. The molecule has 0 aliphatic rings. The molecule has 2 unspecified atom stereocenters. The van der Waals surface area contributed by atoms with E-state index in [1.54, 1.807) is 21.1 Å². The van der Waals surface area contributed by atoms with Crippen LogP contribution >= 0.6 is 0 Å². The summed E-state index contributed by atoms with van der Waals surface area (Å²) in [6.45, 7) is 4.55. The van der Waals surface area contributed by atoms with Gasteiger partial charge < -0.3 is 28.6 Å². The molecule has 0 spiro atoms. The molecule has 8 heteroatoms. The van der Waals surface area contributed by atoms with E-state index in [4.69, 9.17) is 14.2 Å². The monoisotopic (exact) mass is 666 g/mol. The van der Waals surface area contributed by atoms with Crippen LogP contribution in [-0.2, 0) is 28.6 Å². The number of ether oxygens (including phenoxy) is 3. The summed E-state index contributed by atoms with van der Waals surface area (Å²) in [4.78, 5) is 36.4. The van der Waals surface area contributed by atoms with Crippen LogP contribution in [0.1, 0.15) is 155 Å². The Bertz CT molecular complexity index is 834. The van der Waals surface area contributed by atoms with Gasteiger partial charge in [0.15, 0.2) is 6.10 Å². The predicted molar refractivity (Wildman–Crippen MR) is 190 cm³/mol. The second kappa shape index (κ2) is 31.1. The minimum Gasteiger partial charge on any atom is -0.544 e. The van der Waals surface area contributed by atoms with Crippen LogP contribution in [0.25, 0.3) is 0 Å². The van der Waals surface area contributed by atoms with Crippen molar-refractivity contribution in [3.8, 4) is 0 Å². The summed E-state index contributed by atoms with van der Waals surface area (Å²) in [6.07, 6.45) is 30.8. The van der Waals surface area contributed by atoms with Crippen molar-refractivity contribution in [1.82, 2.24) is 0 Å². The Hall–Kier alpha value is -2.19. The Morgan fingerprint density at radius 1 is 0.638 bits per heavy atom. The molecule has 0 radical (unpaired) electrons. The average Bonchev–Trinajstić information content (AvgIpc) is 3.01. The van der Waals surface area contributed by atoms with Crippen molar-refractivity contribution in [3.05, 3.63) is 24.3 Å². The number of rotatable bonds is 33. The minimum absolute atomic E-state index is 0.0396. The average molecular weight is 666 g/mol. The van der Waals surface area contributed by atoms with Crippen molar-refractivity contribution in [2.75, 3.05) is 41.0 Å². The van der Waals surface area contributed by atoms with Crippen LogP contribution in [0.5, 0.6) is 0 Å². The SMILES string of the molecule is CCCCC/C=C\C/C=C\CCCCCCCCCC(=O)OC(COCCC(C(=O)[O-])[N+](C)(C)C)COC(=O)CCCCCCCC. The first kappa shape index (κ1) is 44.8. The van der Waals surface area contributed by atoms with Crippen LogP contribution in [0.3, 0.4) is 0 Å². The zero-order valence-corrected chi connectivity index (χ0v) is 30.9. The molecule has 0 saturated carbocycles. The van der Waals surface area contributed by atoms with Gasteiger partial charge in [-0.1, -0.05) is 115 Å². The molecule has 0 aliphatic carbocycles. The summed E-state index contributed by atoms with van der Waals surface area (Å²) >= 11 is 0. The Morgan fingerprint density at radius 3 is 1.68 bits per heavy atom. The number of hydrogen-bond donors (Lipinski definition) is 0. The van der Waals surface area contributed by atoms with Crippen LogP contribution in [0.15, 0.2) is 24.3 Å². The Kier molecular flexibility index (Phi) is 29.7. The van der Waals surface area contributed by atoms with E-state index in [2.05, 4.69) is 38.2 Å². The highest BCUT2D eigenvalue weighted by Gasteiger charge is 2.25. The molecule has 0 aromatic rings. The largest absolute Gasteiger partial charge is 0.544 e. The molecule has 0 fully saturated rings. The van der Waals surface area contributed by atoms with Crippen LogP contribution in [0.2, 0.25) is 0 Å². The number of carbonyl (C=O) groups excluding carboxylic acids is 3. The quantitative estimate of drug-likeness (QED) is 0.0303. The van der Waals surface area contributed by atoms with Gasteiger partial charge in [-0.15, -0.1) is 0 Å². The van der Waals surface area contributed by atoms with E-state index >= 15 is 0 Å². The molecule has 2 atom stereocenters. The number of carbonyl (C=O) groups is 3. The molecule has 0 aliphatic heterocycles. The third kappa shape index (κ3) is 29.7. The van der Waals surface area contributed by atoms with Gasteiger partial charge in [-0.25, -0.2) is 0 Å². The maximum Gasteiger partial charge on any atom is 0.306 e. The number of allylic oxidation sites excluding steroid dienone is 4. The number of quaternary nitrogens is 1. The van der Waals surface area contributed by atoms with Crippen LogP contribution in [-0.4, -0.2) is 75.5 Å². The summed E-state index contributed by atoms with van der Waals surface area (Å²) in [6, 6.07) is -0.722. The molecule has 0 heterocycles. The van der Waals surface area contributed by atoms with Crippen molar-refractivity contribution in [2.24, 2.45) is 0 Å². The van der Waals surface area contributed by atoms with E-state index in [9.17, 15) is 19.5 Å². The summed E-state index contributed by atoms with van der Waals surface area (Å²) in [7, 11) is 5.39. The van der Waals surface area contributed by atoms with Crippen LogP contribution < -0.4 is 5.11 Å². The summed E-state index contributed by atoms with van der Waals surface area (Å²) in [5, 5.41) is 11.5. The normalized spacial score (nSPS) is 13.3. The molecule has 0 amide bonds. The minimum atomic E-state index is -1.13. The molecule has 0 N–H and O–H groups in total. The summed E-state index contributed by atoms with van der Waals surface area (Å²) in [5.41, 5.74) is 0. The molecule has 0 aromatic heterocycles. The summed E-state index contributed by atoms with van der Waals surface area (Å²) < 4.78 is 17.0. The van der Waals surface area contributed by atoms with Gasteiger partial charge in [0.2, 0.25) is 0 Å². The number of aliphatic carboxylic acids is 1. The van der Waals surface area contributed by atoms with Gasteiger partial charge in [-0.3, -0.25) is 9.59 Å². The number of hydrogen-bond acceptors (Lipinski definition) is 7. The Labute approximate surface area is 288 Å². The first-order chi connectivity index (χ1) is 22.6. The molecule has 274 valence electrons. The number of esters is 2. The van der Waals surface area contributed by atoms with Crippen molar-refractivity contribution in [3.63, 3.8) is 0 Å². The lowest BCUT2D eigenvalue weighted by Gasteiger charge is -2.34. The Morgan fingerprint density at radius 2 is 1.13 bits per heavy atom. The highest BCUT2D eigenvalue weighted by molar-refractivity contribution is 5.70. The maximum atomic E-state index is 12.6. The third-order valence-corrected chi connectivity index (χ3v) is 8.34. The molecular formula is C39H71NO7. The zero-order valence-electron chi connectivity index (χ0n) is 30.9. The van der Waals surface area contributed by atoms with Gasteiger partial charge >= 0.3 is 11.9 Å². The highest BCUT2D eigenvalue weighted by atomic mass is 16.6. The lowest BCUT2D eigenvalue weighted by atomic mass is 10.1. The molecule has 0 bridgehead atoms. The number of likely N-dealkylation sites (N-methyl/N-ethyl adjacent to an activating group) is 1. The van der Waals surface area contributed by atoms with Crippen molar-refractivity contribution >= 4 is 17.9 Å². The van der Waals surface area contributed by atoms with Gasteiger partial charge in [-0.2, -0.15) is 0 Å².